The fraction of sp³-hybridized carbons (Fsp3) is 0.269. The number of nitrogens with zero attached hydrogens (tertiary/aromatic N) is 4. The molecule has 0 unspecified atom stereocenters. The molecule has 8 heteroatoms. The average molecular weight is 475 g/mol. The molecule has 0 aliphatic carbocycles. The number of carbonyl (C=O) groups is 1. The second-order valence-electron chi connectivity index (χ2n) is 8.22. The van der Waals surface area contributed by atoms with Gasteiger partial charge >= 0.3 is 0 Å². The minimum absolute atomic E-state index is 0.0861. The molecule has 0 N–H and O–H groups in total. The second-order valence-corrected chi connectivity index (χ2v) is 9.15. The summed E-state index contributed by atoms with van der Waals surface area (Å²) in [6.07, 6.45) is 5.75. The summed E-state index contributed by atoms with van der Waals surface area (Å²) in [6, 6.07) is 16.1. The van der Waals surface area contributed by atoms with Crippen LogP contribution in [-0.4, -0.2) is 58.4 Å². The van der Waals surface area contributed by atoms with Gasteiger partial charge in [-0.2, -0.15) is 0 Å². The van der Waals surface area contributed by atoms with E-state index in [0.29, 0.717) is 35.6 Å². The molecule has 1 fully saturated rings. The van der Waals surface area contributed by atoms with Crippen LogP contribution in [0.15, 0.2) is 74.9 Å². The highest BCUT2D eigenvalue weighted by Gasteiger charge is 2.24. The number of benzene rings is 2. The van der Waals surface area contributed by atoms with E-state index in [9.17, 15) is 4.79 Å². The number of fused-ring (bicyclic) bond motifs is 1. The van der Waals surface area contributed by atoms with Gasteiger partial charge in [-0.25, -0.2) is 9.97 Å². The maximum absolute atomic E-state index is 12.9. The highest BCUT2D eigenvalue weighted by Crippen LogP contribution is 2.27. The minimum Gasteiger partial charge on any atom is -0.447 e. The molecule has 4 aromatic rings. The predicted octanol–water partition coefficient (Wildman–Crippen LogP) is 4.89. The molecular formula is C26H26N4O3S. The van der Waals surface area contributed by atoms with E-state index in [4.69, 9.17) is 8.83 Å². The van der Waals surface area contributed by atoms with Crippen LogP contribution >= 0.6 is 11.8 Å². The van der Waals surface area contributed by atoms with E-state index in [2.05, 4.69) is 39.2 Å². The van der Waals surface area contributed by atoms with Gasteiger partial charge in [0.25, 0.3) is 11.1 Å². The van der Waals surface area contributed by atoms with Crippen LogP contribution in [0.3, 0.4) is 0 Å². The Labute approximate surface area is 202 Å². The van der Waals surface area contributed by atoms with Crippen LogP contribution in [0.5, 0.6) is 0 Å². The number of aryl methyl sites for hydroxylation is 1. The third-order valence-electron chi connectivity index (χ3n) is 5.82. The quantitative estimate of drug-likeness (QED) is 0.353. The van der Waals surface area contributed by atoms with Crippen molar-refractivity contribution in [1.29, 1.82) is 0 Å². The van der Waals surface area contributed by atoms with Crippen LogP contribution in [0, 0.1) is 6.92 Å². The number of rotatable bonds is 7. The number of piperazine rings is 1. The van der Waals surface area contributed by atoms with Crippen molar-refractivity contribution >= 4 is 34.8 Å². The van der Waals surface area contributed by atoms with Crippen LogP contribution in [-0.2, 0) is 5.75 Å². The number of hydrogen-bond donors (Lipinski definition) is 0. The molecule has 2 aromatic carbocycles. The van der Waals surface area contributed by atoms with E-state index in [1.165, 1.54) is 23.6 Å². The Hall–Kier alpha value is -3.36. The number of amides is 1. The number of thioether (sulfide) groups is 1. The lowest BCUT2D eigenvalue weighted by Gasteiger charge is -2.33. The van der Waals surface area contributed by atoms with E-state index in [1.54, 1.807) is 0 Å². The van der Waals surface area contributed by atoms with Crippen molar-refractivity contribution in [3.8, 4) is 0 Å². The zero-order chi connectivity index (χ0) is 23.3. The highest BCUT2D eigenvalue weighted by molar-refractivity contribution is 7.98. The van der Waals surface area contributed by atoms with Gasteiger partial charge in [-0.05, 0) is 24.1 Å². The molecule has 0 radical (unpaired) electrons. The molecule has 1 aliphatic rings. The monoisotopic (exact) mass is 474 g/mol. The summed E-state index contributed by atoms with van der Waals surface area (Å²) in [5.41, 5.74) is 4.25. The summed E-state index contributed by atoms with van der Waals surface area (Å²) in [5, 5.41) is 0.563. The van der Waals surface area contributed by atoms with E-state index in [-0.39, 0.29) is 5.91 Å². The van der Waals surface area contributed by atoms with Crippen LogP contribution < -0.4 is 0 Å². The molecule has 3 heterocycles. The van der Waals surface area contributed by atoms with Gasteiger partial charge in [-0.3, -0.25) is 9.69 Å². The fourth-order valence-electron chi connectivity index (χ4n) is 3.92. The van der Waals surface area contributed by atoms with Gasteiger partial charge in [0.05, 0.1) is 5.75 Å². The van der Waals surface area contributed by atoms with Crippen molar-refractivity contribution < 1.29 is 13.6 Å². The summed E-state index contributed by atoms with van der Waals surface area (Å²) < 4.78 is 11.3. The first-order valence-electron chi connectivity index (χ1n) is 11.3. The van der Waals surface area contributed by atoms with E-state index >= 15 is 0 Å². The van der Waals surface area contributed by atoms with E-state index in [1.807, 2.05) is 48.2 Å². The number of carbonyl (C=O) groups excluding carboxylic acids is 1. The Balaban J connectivity index is 1.11. The van der Waals surface area contributed by atoms with Crippen LogP contribution in [0.2, 0.25) is 0 Å². The van der Waals surface area contributed by atoms with Gasteiger partial charge in [0.15, 0.2) is 11.3 Å². The maximum Gasteiger partial charge on any atom is 0.275 e. The Bertz CT molecular complexity index is 1290. The molecule has 174 valence electrons. The molecule has 5 rings (SSSR count). The zero-order valence-corrected chi connectivity index (χ0v) is 19.8. The van der Waals surface area contributed by atoms with Crippen molar-refractivity contribution in [3.63, 3.8) is 0 Å². The van der Waals surface area contributed by atoms with Crippen LogP contribution in [0.25, 0.3) is 17.2 Å². The zero-order valence-electron chi connectivity index (χ0n) is 19.0. The first-order valence-corrected chi connectivity index (χ1v) is 12.3. The highest BCUT2D eigenvalue weighted by atomic mass is 32.2. The van der Waals surface area contributed by atoms with Crippen molar-refractivity contribution in [3.05, 3.63) is 83.6 Å². The van der Waals surface area contributed by atoms with Gasteiger partial charge in [0.1, 0.15) is 11.8 Å². The van der Waals surface area contributed by atoms with Crippen LogP contribution in [0.1, 0.15) is 27.5 Å². The SMILES string of the molecule is Cc1cccc2oc(SCc3nc(C(=O)N4CCN(CC=Cc5ccccc5)CC4)co3)nc12. The molecule has 0 bridgehead atoms. The first-order chi connectivity index (χ1) is 16.7. The Morgan fingerprint density at radius 1 is 1.06 bits per heavy atom. The third kappa shape index (κ3) is 5.24. The summed E-state index contributed by atoms with van der Waals surface area (Å²) in [7, 11) is 0. The lowest BCUT2D eigenvalue weighted by molar-refractivity contribution is 0.0644. The average Bonchev–Trinajstić information content (AvgIpc) is 3.51. The summed E-state index contributed by atoms with van der Waals surface area (Å²) in [4.78, 5) is 26.0. The largest absolute Gasteiger partial charge is 0.447 e. The smallest absolute Gasteiger partial charge is 0.275 e. The summed E-state index contributed by atoms with van der Waals surface area (Å²) in [6.45, 7) is 5.91. The van der Waals surface area contributed by atoms with Gasteiger partial charge in [-0.15, -0.1) is 0 Å². The van der Waals surface area contributed by atoms with Gasteiger partial charge < -0.3 is 13.7 Å². The van der Waals surface area contributed by atoms with E-state index < -0.39 is 0 Å². The molecule has 34 heavy (non-hydrogen) atoms. The van der Waals surface area contributed by atoms with Crippen LogP contribution in [0.4, 0.5) is 0 Å². The number of para-hydroxylation sites is 1. The summed E-state index contributed by atoms with van der Waals surface area (Å²) >= 11 is 1.40. The topological polar surface area (TPSA) is 75.6 Å². The van der Waals surface area contributed by atoms with Crippen molar-refractivity contribution in [2.75, 3.05) is 32.7 Å². The Kier molecular flexibility index (Phi) is 6.78. The molecule has 0 saturated carbocycles. The molecule has 7 nitrogen and oxygen atoms in total. The van der Waals surface area contributed by atoms with Gasteiger partial charge in [0, 0.05) is 32.7 Å². The Morgan fingerprint density at radius 2 is 1.88 bits per heavy atom. The van der Waals surface area contributed by atoms with Crippen molar-refractivity contribution in [1.82, 2.24) is 19.8 Å². The molecule has 2 aromatic heterocycles. The first kappa shape index (κ1) is 22.4. The molecule has 1 aliphatic heterocycles. The molecule has 1 amide bonds. The Morgan fingerprint density at radius 3 is 2.68 bits per heavy atom. The fourth-order valence-corrected chi connectivity index (χ4v) is 4.61. The predicted molar refractivity (Wildman–Crippen MR) is 133 cm³/mol. The number of hydrogen-bond acceptors (Lipinski definition) is 7. The second kappa shape index (κ2) is 10.3. The summed E-state index contributed by atoms with van der Waals surface area (Å²) in [5.74, 6) is 0.842. The molecule has 0 atom stereocenters. The van der Waals surface area contributed by atoms with Crippen molar-refractivity contribution in [2.24, 2.45) is 0 Å². The lowest BCUT2D eigenvalue weighted by Crippen LogP contribution is -2.48. The molecular weight excluding hydrogens is 448 g/mol. The maximum atomic E-state index is 12.9. The van der Waals surface area contributed by atoms with Gasteiger partial charge in [0.2, 0.25) is 5.89 Å². The molecule has 0 spiro atoms. The minimum atomic E-state index is -0.0861. The third-order valence-corrected chi connectivity index (χ3v) is 6.64. The molecule has 1 saturated heterocycles. The number of oxazole rings is 2. The van der Waals surface area contributed by atoms with E-state index in [0.717, 1.165) is 36.3 Å². The normalized spacial score (nSPS) is 14.9. The number of aromatic nitrogens is 2. The standard InChI is InChI=1S/C26H26N4O3S/c1-19-7-5-11-22-24(19)28-26(33-22)34-18-23-27-21(17-32-23)25(31)30-15-13-29(14-16-30)12-6-10-20-8-3-2-4-9-20/h2-11,17H,12-16,18H2,1H3. The lowest BCUT2D eigenvalue weighted by atomic mass is 10.2. The van der Waals surface area contributed by atoms with Gasteiger partial charge in [-0.1, -0.05) is 66.4 Å². The van der Waals surface area contributed by atoms with Crippen molar-refractivity contribution in [2.45, 2.75) is 17.9 Å².